The van der Waals surface area contributed by atoms with Crippen molar-refractivity contribution in [3.8, 4) is 11.3 Å². The lowest BCUT2D eigenvalue weighted by Gasteiger charge is -2.57. The zero-order valence-corrected chi connectivity index (χ0v) is 14.4. The first-order valence-electron chi connectivity index (χ1n) is 9.15. The zero-order chi connectivity index (χ0) is 17.2. The Kier molecular flexibility index (Phi) is 3.14. The number of aliphatic hydroxyl groups excluding tert-OH is 1. The maximum Gasteiger partial charge on any atom is 0.219 e. The topological polar surface area (TPSA) is 58.4 Å². The van der Waals surface area contributed by atoms with E-state index in [0.717, 1.165) is 38.0 Å². The summed E-state index contributed by atoms with van der Waals surface area (Å²) in [5, 5.41) is 11.1. The van der Waals surface area contributed by atoms with Gasteiger partial charge in [0, 0.05) is 36.9 Å². The standard InChI is InChI=1S/C20H23N3O2/c1-13(24)22-8-6-20(7-9-22)10-16(19(20)25)18-15-5-3-2-4-14(15)17-11-21-12-23(17)18/h2-5,11-12,16,18-19,25H,6-10H2,1H3/t16-,18?,19+/m0/s1. The van der Waals surface area contributed by atoms with Gasteiger partial charge in [0.1, 0.15) is 0 Å². The monoisotopic (exact) mass is 337 g/mol. The molecule has 1 N–H and O–H groups in total. The quantitative estimate of drug-likeness (QED) is 0.870. The van der Waals surface area contributed by atoms with Gasteiger partial charge in [-0.05, 0) is 24.8 Å². The minimum Gasteiger partial charge on any atom is -0.392 e. The molecule has 2 aliphatic heterocycles. The fraction of sp³-hybridized carbons (Fsp3) is 0.500. The smallest absolute Gasteiger partial charge is 0.219 e. The average molecular weight is 337 g/mol. The van der Waals surface area contributed by atoms with Crippen LogP contribution in [0.5, 0.6) is 0 Å². The summed E-state index contributed by atoms with van der Waals surface area (Å²) >= 11 is 0. The first kappa shape index (κ1) is 15.1. The maximum absolute atomic E-state index is 11.6. The molecule has 3 aliphatic rings. The number of likely N-dealkylation sites (tertiary alicyclic amines) is 1. The van der Waals surface area contributed by atoms with Gasteiger partial charge >= 0.3 is 0 Å². The third kappa shape index (κ3) is 1.99. The van der Waals surface area contributed by atoms with Gasteiger partial charge in [-0.3, -0.25) is 4.79 Å². The average Bonchev–Trinajstić information content (AvgIpc) is 3.21. The molecule has 0 radical (unpaired) electrons. The predicted molar refractivity (Wildman–Crippen MR) is 93.8 cm³/mol. The Labute approximate surface area is 147 Å². The van der Waals surface area contributed by atoms with Gasteiger partial charge in [0.25, 0.3) is 0 Å². The number of rotatable bonds is 1. The summed E-state index contributed by atoms with van der Waals surface area (Å²) in [5.74, 6) is 0.369. The fourth-order valence-electron chi connectivity index (χ4n) is 5.36. The van der Waals surface area contributed by atoms with Crippen molar-refractivity contribution in [2.75, 3.05) is 13.1 Å². The molecule has 1 spiro atoms. The van der Waals surface area contributed by atoms with E-state index in [1.165, 1.54) is 11.1 Å². The molecule has 5 heteroatoms. The van der Waals surface area contributed by atoms with Crippen LogP contribution in [0.1, 0.15) is 37.8 Å². The lowest BCUT2D eigenvalue weighted by atomic mass is 9.53. The number of benzene rings is 1. The van der Waals surface area contributed by atoms with E-state index in [4.69, 9.17) is 0 Å². The van der Waals surface area contributed by atoms with E-state index in [2.05, 4.69) is 33.8 Å². The summed E-state index contributed by atoms with van der Waals surface area (Å²) in [5.41, 5.74) is 3.69. The summed E-state index contributed by atoms with van der Waals surface area (Å²) in [4.78, 5) is 17.8. The van der Waals surface area contributed by atoms with Crippen molar-refractivity contribution in [3.63, 3.8) is 0 Å². The van der Waals surface area contributed by atoms with Crippen LogP contribution < -0.4 is 0 Å². The van der Waals surface area contributed by atoms with Crippen molar-refractivity contribution >= 4 is 5.91 Å². The molecule has 2 fully saturated rings. The summed E-state index contributed by atoms with van der Waals surface area (Å²) < 4.78 is 2.23. The van der Waals surface area contributed by atoms with E-state index < -0.39 is 0 Å². The highest BCUT2D eigenvalue weighted by Gasteiger charge is 2.57. The molecule has 1 aromatic carbocycles. The summed E-state index contributed by atoms with van der Waals surface area (Å²) in [6, 6.07) is 8.66. The second-order valence-corrected chi connectivity index (χ2v) is 7.90. The molecule has 25 heavy (non-hydrogen) atoms. The van der Waals surface area contributed by atoms with Crippen LogP contribution in [0.2, 0.25) is 0 Å². The molecule has 1 aliphatic carbocycles. The molecule has 130 valence electrons. The molecule has 1 saturated heterocycles. The van der Waals surface area contributed by atoms with Crippen molar-refractivity contribution in [2.24, 2.45) is 11.3 Å². The first-order chi connectivity index (χ1) is 12.1. The highest BCUT2D eigenvalue weighted by atomic mass is 16.3. The molecule has 0 bridgehead atoms. The Morgan fingerprint density at radius 1 is 1.28 bits per heavy atom. The van der Waals surface area contributed by atoms with Gasteiger partial charge in [-0.25, -0.2) is 4.98 Å². The molecule has 1 amide bonds. The third-order valence-electron chi connectivity index (χ3n) is 6.81. The van der Waals surface area contributed by atoms with Crippen molar-refractivity contribution in [3.05, 3.63) is 42.4 Å². The number of hydrogen-bond donors (Lipinski definition) is 1. The highest BCUT2D eigenvalue weighted by Crippen LogP contribution is 2.59. The molecule has 2 aromatic rings. The number of amides is 1. The number of carbonyl (C=O) groups is 1. The van der Waals surface area contributed by atoms with E-state index >= 15 is 0 Å². The van der Waals surface area contributed by atoms with Gasteiger partial charge in [0.15, 0.2) is 0 Å². The van der Waals surface area contributed by atoms with Crippen LogP contribution in [0.3, 0.4) is 0 Å². The molecule has 3 heterocycles. The number of piperidine rings is 1. The van der Waals surface area contributed by atoms with E-state index in [0.29, 0.717) is 0 Å². The van der Waals surface area contributed by atoms with Crippen LogP contribution in [-0.4, -0.2) is 44.7 Å². The summed E-state index contributed by atoms with van der Waals surface area (Å²) in [7, 11) is 0. The van der Waals surface area contributed by atoms with Crippen molar-refractivity contribution < 1.29 is 9.90 Å². The molecule has 5 nitrogen and oxygen atoms in total. The molecule has 1 unspecified atom stereocenters. The van der Waals surface area contributed by atoms with Crippen molar-refractivity contribution in [2.45, 2.75) is 38.3 Å². The Balaban J connectivity index is 1.41. The van der Waals surface area contributed by atoms with Crippen molar-refractivity contribution in [1.29, 1.82) is 0 Å². The van der Waals surface area contributed by atoms with Gasteiger partial charge in [0.2, 0.25) is 5.91 Å². The van der Waals surface area contributed by atoms with Gasteiger partial charge in [-0.15, -0.1) is 0 Å². The summed E-state index contributed by atoms with van der Waals surface area (Å²) in [6.45, 7) is 3.18. The van der Waals surface area contributed by atoms with Gasteiger partial charge in [0.05, 0.1) is 30.4 Å². The van der Waals surface area contributed by atoms with Crippen LogP contribution in [0.15, 0.2) is 36.8 Å². The Morgan fingerprint density at radius 3 is 2.76 bits per heavy atom. The van der Waals surface area contributed by atoms with Crippen LogP contribution >= 0.6 is 0 Å². The summed E-state index contributed by atoms with van der Waals surface area (Å²) in [6.07, 6.45) is 6.36. The number of carbonyl (C=O) groups excluding carboxylic acids is 1. The minimum atomic E-state index is -0.312. The largest absolute Gasteiger partial charge is 0.392 e. The number of nitrogens with zero attached hydrogens (tertiary/aromatic N) is 3. The number of imidazole rings is 1. The van der Waals surface area contributed by atoms with Crippen LogP contribution in [0.25, 0.3) is 11.3 Å². The number of aromatic nitrogens is 2. The highest BCUT2D eigenvalue weighted by molar-refractivity contribution is 5.73. The van der Waals surface area contributed by atoms with Crippen molar-refractivity contribution in [1.82, 2.24) is 14.5 Å². The maximum atomic E-state index is 11.6. The molecule has 3 atom stereocenters. The van der Waals surface area contributed by atoms with E-state index in [9.17, 15) is 9.90 Å². The number of aliphatic hydroxyl groups is 1. The predicted octanol–water partition coefficient (Wildman–Crippen LogP) is 2.46. The van der Waals surface area contributed by atoms with Gasteiger partial charge < -0.3 is 14.6 Å². The number of hydrogen-bond acceptors (Lipinski definition) is 3. The van der Waals surface area contributed by atoms with E-state index in [1.807, 2.05) is 17.4 Å². The van der Waals surface area contributed by atoms with Crippen LogP contribution in [0.4, 0.5) is 0 Å². The molecule has 5 rings (SSSR count). The first-order valence-corrected chi connectivity index (χ1v) is 9.15. The lowest BCUT2D eigenvalue weighted by Crippen LogP contribution is -2.59. The zero-order valence-electron chi connectivity index (χ0n) is 14.4. The van der Waals surface area contributed by atoms with E-state index in [1.54, 1.807) is 6.92 Å². The van der Waals surface area contributed by atoms with E-state index in [-0.39, 0.29) is 29.4 Å². The van der Waals surface area contributed by atoms with Crippen LogP contribution in [-0.2, 0) is 4.79 Å². The SMILES string of the molecule is CC(=O)N1CCC2(CC1)C[C@@H](C1c3ccccc3-c3cncn31)[C@H]2O. The Hall–Kier alpha value is -2.14. The molecule has 1 saturated carbocycles. The van der Waals surface area contributed by atoms with Gasteiger partial charge in [-0.1, -0.05) is 24.3 Å². The molecular formula is C20H23N3O2. The second kappa shape index (κ2) is 5.18. The minimum absolute atomic E-state index is 0.00506. The normalized spacial score (nSPS) is 29.2. The third-order valence-corrected chi connectivity index (χ3v) is 6.81. The van der Waals surface area contributed by atoms with Crippen LogP contribution in [0, 0.1) is 11.3 Å². The molecule has 1 aromatic heterocycles. The Bertz CT molecular complexity index is 835. The fourth-order valence-corrected chi connectivity index (χ4v) is 5.36. The lowest BCUT2D eigenvalue weighted by molar-refractivity contribution is -0.163. The molecular weight excluding hydrogens is 314 g/mol. The van der Waals surface area contributed by atoms with Gasteiger partial charge in [-0.2, -0.15) is 0 Å². The second-order valence-electron chi connectivity index (χ2n) is 7.90. The number of fused-ring (bicyclic) bond motifs is 3. The Morgan fingerprint density at radius 2 is 2.04 bits per heavy atom.